The summed E-state index contributed by atoms with van der Waals surface area (Å²) in [6.07, 6.45) is 1.33. The van der Waals surface area contributed by atoms with Crippen LogP contribution in [0.1, 0.15) is 18.4 Å². The van der Waals surface area contributed by atoms with Gasteiger partial charge in [-0.15, -0.1) is 0 Å². The first-order valence-electron chi connectivity index (χ1n) is 9.97. The fourth-order valence-electron chi connectivity index (χ4n) is 4.00. The Morgan fingerprint density at radius 1 is 1.19 bits per heavy atom. The van der Waals surface area contributed by atoms with Crippen molar-refractivity contribution in [3.63, 3.8) is 0 Å². The number of nitrogens with zero attached hydrogens (tertiary/aromatic N) is 4. The highest BCUT2D eigenvalue weighted by atomic mass is 16.2. The summed E-state index contributed by atoms with van der Waals surface area (Å²) in [7, 11) is 4.07. The lowest BCUT2D eigenvalue weighted by molar-refractivity contribution is -0.136. The molecule has 6 nitrogen and oxygen atoms in total. The highest BCUT2D eigenvalue weighted by Crippen LogP contribution is 2.23. The van der Waals surface area contributed by atoms with E-state index in [2.05, 4.69) is 41.0 Å². The number of carbonyl (C=O) groups excluding carboxylic acids is 2. The van der Waals surface area contributed by atoms with E-state index in [1.165, 1.54) is 11.3 Å². The molecule has 0 N–H and O–H groups in total. The van der Waals surface area contributed by atoms with Gasteiger partial charge in [0.25, 0.3) is 0 Å². The summed E-state index contributed by atoms with van der Waals surface area (Å²) >= 11 is 0. The van der Waals surface area contributed by atoms with Gasteiger partial charge in [0, 0.05) is 51.4 Å². The molecular weight excluding hydrogens is 340 g/mol. The average molecular weight is 373 g/mol. The standard InChI is InChI=1S/C21H32N4O2/c1-17-6-4-7-19(14-17)23-10-12-24(13-11-23)21(27)18-15-20(26)25(16-18)9-5-8-22(2)3/h4,6-7,14,18H,5,8-13,15-16H2,1-3H3. The van der Waals surface area contributed by atoms with Crippen molar-refractivity contribution in [3.05, 3.63) is 29.8 Å². The second-order valence-electron chi connectivity index (χ2n) is 8.05. The SMILES string of the molecule is Cc1cccc(N2CCN(C(=O)C3CC(=O)N(CCCN(C)C)C3)CC2)c1. The Bertz CT molecular complexity index is 668. The van der Waals surface area contributed by atoms with Crippen LogP contribution < -0.4 is 4.90 Å². The van der Waals surface area contributed by atoms with Gasteiger partial charge in [0.2, 0.25) is 11.8 Å². The zero-order chi connectivity index (χ0) is 19.4. The number of piperazine rings is 1. The number of likely N-dealkylation sites (tertiary alicyclic amines) is 1. The Labute approximate surface area is 162 Å². The lowest BCUT2D eigenvalue weighted by atomic mass is 10.1. The van der Waals surface area contributed by atoms with Gasteiger partial charge in [-0.1, -0.05) is 12.1 Å². The number of hydrogen-bond acceptors (Lipinski definition) is 4. The molecule has 1 aromatic carbocycles. The Morgan fingerprint density at radius 2 is 1.93 bits per heavy atom. The highest BCUT2D eigenvalue weighted by Gasteiger charge is 2.37. The lowest BCUT2D eigenvalue weighted by Crippen LogP contribution is -2.50. The first kappa shape index (κ1) is 19.7. The maximum absolute atomic E-state index is 12.9. The number of benzene rings is 1. The van der Waals surface area contributed by atoms with Gasteiger partial charge in [0.05, 0.1) is 5.92 Å². The molecule has 0 bridgehead atoms. The van der Waals surface area contributed by atoms with E-state index in [-0.39, 0.29) is 17.7 Å². The molecule has 1 aromatic rings. The molecule has 3 rings (SSSR count). The van der Waals surface area contributed by atoms with E-state index in [0.29, 0.717) is 13.0 Å². The summed E-state index contributed by atoms with van der Waals surface area (Å²) in [5.74, 6) is 0.121. The van der Waals surface area contributed by atoms with Crippen LogP contribution in [0.4, 0.5) is 5.69 Å². The number of rotatable bonds is 6. The van der Waals surface area contributed by atoms with Crippen molar-refractivity contribution in [2.75, 3.05) is 64.8 Å². The van der Waals surface area contributed by atoms with Crippen molar-refractivity contribution in [1.82, 2.24) is 14.7 Å². The number of carbonyl (C=O) groups is 2. The first-order valence-corrected chi connectivity index (χ1v) is 9.97. The van der Waals surface area contributed by atoms with Crippen LogP contribution in [0.5, 0.6) is 0 Å². The van der Waals surface area contributed by atoms with Crippen LogP contribution in [-0.2, 0) is 9.59 Å². The highest BCUT2D eigenvalue weighted by molar-refractivity contribution is 5.89. The molecule has 2 heterocycles. The fourth-order valence-corrected chi connectivity index (χ4v) is 4.00. The third-order valence-electron chi connectivity index (χ3n) is 5.56. The van der Waals surface area contributed by atoms with E-state index in [4.69, 9.17) is 0 Å². The van der Waals surface area contributed by atoms with E-state index in [0.717, 1.165) is 45.7 Å². The molecule has 2 amide bonds. The van der Waals surface area contributed by atoms with Gasteiger partial charge >= 0.3 is 0 Å². The molecule has 2 saturated heterocycles. The average Bonchev–Trinajstić information content (AvgIpc) is 3.02. The molecule has 0 radical (unpaired) electrons. The van der Waals surface area contributed by atoms with E-state index in [9.17, 15) is 9.59 Å². The van der Waals surface area contributed by atoms with Crippen molar-refractivity contribution >= 4 is 17.5 Å². The fraction of sp³-hybridized carbons (Fsp3) is 0.619. The molecule has 0 spiro atoms. The van der Waals surface area contributed by atoms with Gasteiger partial charge in [-0.05, 0) is 51.7 Å². The van der Waals surface area contributed by atoms with Crippen LogP contribution in [0.3, 0.4) is 0 Å². The van der Waals surface area contributed by atoms with Crippen LogP contribution in [0.25, 0.3) is 0 Å². The first-order chi connectivity index (χ1) is 12.9. The molecule has 6 heteroatoms. The maximum atomic E-state index is 12.9. The minimum Gasteiger partial charge on any atom is -0.368 e. The number of aryl methyl sites for hydroxylation is 1. The van der Waals surface area contributed by atoms with Crippen molar-refractivity contribution < 1.29 is 9.59 Å². The van der Waals surface area contributed by atoms with Crippen LogP contribution in [-0.4, -0.2) is 86.4 Å². The van der Waals surface area contributed by atoms with Crippen LogP contribution >= 0.6 is 0 Å². The molecule has 0 aromatic heterocycles. The van der Waals surface area contributed by atoms with Crippen molar-refractivity contribution in [1.29, 1.82) is 0 Å². The predicted octanol–water partition coefficient (Wildman–Crippen LogP) is 1.44. The Balaban J connectivity index is 1.48. The van der Waals surface area contributed by atoms with Gasteiger partial charge in [0.15, 0.2) is 0 Å². The minimum atomic E-state index is -0.164. The van der Waals surface area contributed by atoms with Gasteiger partial charge in [-0.25, -0.2) is 0 Å². The summed E-state index contributed by atoms with van der Waals surface area (Å²) in [4.78, 5) is 33.4. The number of hydrogen-bond donors (Lipinski definition) is 0. The van der Waals surface area contributed by atoms with E-state index >= 15 is 0 Å². The third-order valence-corrected chi connectivity index (χ3v) is 5.56. The summed E-state index contributed by atoms with van der Waals surface area (Å²) in [5, 5.41) is 0. The zero-order valence-electron chi connectivity index (χ0n) is 16.9. The van der Waals surface area contributed by atoms with Gasteiger partial charge in [0.1, 0.15) is 0 Å². The molecule has 2 aliphatic heterocycles. The van der Waals surface area contributed by atoms with Crippen LogP contribution in [0, 0.1) is 12.8 Å². The summed E-state index contributed by atoms with van der Waals surface area (Å²) in [6, 6.07) is 8.51. The molecule has 0 saturated carbocycles. The van der Waals surface area contributed by atoms with E-state index < -0.39 is 0 Å². The Kier molecular flexibility index (Phi) is 6.37. The summed E-state index contributed by atoms with van der Waals surface area (Å²) in [5.41, 5.74) is 2.48. The normalized spacial score (nSPS) is 20.7. The Morgan fingerprint density at radius 3 is 2.59 bits per heavy atom. The maximum Gasteiger partial charge on any atom is 0.228 e. The molecular formula is C21H32N4O2. The molecule has 148 valence electrons. The van der Waals surface area contributed by atoms with Gasteiger partial charge < -0.3 is 19.6 Å². The van der Waals surface area contributed by atoms with Crippen LogP contribution in [0.15, 0.2) is 24.3 Å². The summed E-state index contributed by atoms with van der Waals surface area (Å²) < 4.78 is 0. The molecule has 27 heavy (non-hydrogen) atoms. The predicted molar refractivity (Wildman–Crippen MR) is 108 cm³/mol. The number of anilines is 1. The molecule has 1 atom stereocenters. The topological polar surface area (TPSA) is 47.1 Å². The monoisotopic (exact) mass is 372 g/mol. The third kappa shape index (κ3) is 5.01. The second-order valence-corrected chi connectivity index (χ2v) is 8.05. The molecule has 2 fully saturated rings. The van der Waals surface area contributed by atoms with Gasteiger partial charge in [-0.3, -0.25) is 9.59 Å². The van der Waals surface area contributed by atoms with Gasteiger partial charge in [-0.2, -0.15) is 0 Å². The minimum absolute atomic E-state index is 0.130. The Hall–Kier alpha value is -2.08. The lowest BCUT2D eigenvalue weighted by Gasteiger charge is -2.37. The van der Waals surface area contributed by atoms with Crippen molar-refractivity contribution in [3.8, 4) is 0 Å². The van der Waals surface area contributed by atoms with E-state index in [1.54, 1.807) is 0 Å². The second kappa shape index (κ2) is 8.74. The van der Waals surface area contributed by atoms with Crippen LogP contribution in [0.2, 0.25) is 0 Å². The number of amides is 2. The molecule has 0 aliphatic carbocycles. The molecule has 1 unspecified atom stereocenters. The van der Waals surface area contributed by atoms with E-state index in [1.807, 2.05) is 23.9 Å². The largest absolute Gasteiger partial charge is 0.368 e. The van der Waals surface area contributed by atoms with Crippen molar-refractivity contribution in [2.24, 2.45) is 5.92 Å². The smallest absolute Gasteiger partial charge is 0.228 e. The summed E-state index contributed by atoms with van der Waals surface area (Å²) in [6.45, 7) is 7.57. The van der Waals surface area contributed by atoms with Crippen molar-refractivity contribution in [2.45, 2.75) is 19.8 Å². The quantitative estimate of drug-likeness (QED) is 0.758. The zero-order valence-corrected chi connectivity index (χ0v) is 16.9. The molecule has 2 aliphatic rings.